The Kier molecular flexibility index (Phi) is 7.17. The predicted molar refractivity (Wildman–Crippen MR) is 132 cm³/mol. The zero-order chi connectivity index (χ0) is 21.5. The Balaban J connectivity index is 1.24. The highest BCUT2D eigenvalue weighted by Gasteiger charge is 2.04. The number of nitrogens with one attached hydrogen (secondary N) is 1. The lowest BCUT2D eigenvalue weighted by Gasteiger charge is -2.04. The fourth-order valence-electron chi connectivity index (χ4n) is 3.10. The van der Waals surface area contributed by atoms with Crippen molar-refractivity contribution in [2.75, 3.05) is 17.6 Å². The number of thiazole rings is 1. The van der Waals surface area contributed by atoms with Crippen molar-refractivity contribution in [1.29, 1.82) is 0 Å². The molecular formula is C24H23FN4S2. The quantitative estimate of drug-likeness (QED) is 0.255. The van der Waals surface area contributed by atoms with Crippen molar-refractivity contribution in [3.63, 3.8) is 0 Å². The number of nitrogens with zero attached hydrogens (tertiary/aromatic N) is 2. The SMILES string of the molecule is NC(=Nc1ccc(CCNc2nc3ccc(F)cc3s2)cc1)SCCc1ccccc1. The number of nitrogens with two attached hydrogens (primary N) is 1. The first kappa shape index (κ1) is 21.3. The maximum Gasteiger partial charge on any atom is 0.183 e. The summed E-state index contributed by atoms with van der Waals surface area (Å²) in [5.41, 5.74) is 10.2. The highest BCUT2D eigenvalue weighted by Crippen LogP contribution is 2.26. The molecule has 0 radical (unpaired) electrons. The number of aryl methyl sites for hydroxylation is 1. The molecule has 4 aromatic rings. The summed E-state index contributed by atoms with van der Waals surface area (Å²) in [6.45, 7) is 0.752. The summed E-state index contributed by atoms with van der Waals surface area (Å²) in [5.74, 6) is 0.669. The Hall–Kier alpha value is -2.90. The van der Waals surface area contributed by atoms with E-state index in [4.69, 9.17) is 5.73 Å². The highest BCUT2D eigenvalue weighted by molar-refractivity contribution is 8.13. The number of benzene rings is 3. The number of hydrogen-bond donors (Lipinski definition) is 2. The van der Waals surface area contributed by atoms with E-state index in [2.05, 4.69) is 51.7 Å². The number of halogens is 1. The lowest BCUT2D eigenvalue weighted by atomic mass is 10.1. The van der Waals surface area contributed by atoms with E-state index in [1.807, 2.05) is 18.2 Å². The first-order valence-electron chi connectivity index (χ1n) is 10.1. The number of fused-ring (bicyclic) bond motifs is 1. The van der Waals surface area contributed by atoms with Crippen LogP contribution in [0.15, 0.2) is 77.8 Å². The van der Waals surface area contributed by atoms with Gasteiger partial charge in [0.05, 0.1) is 15.9 Å². The van der Waals surface area contributed by atoms with Gasteiger partial charge in [0, 0.05) is 12.3 Å². The van der Waals surface area contributed by atoms with Gasteiger partial charge in [0.1, 0.15) is 5.82 Å². The topological polar surface area (TPSA) is 63.3 Å². The van der Waals surface area contributed by atoms with E-state index in [9.17, 15) is 4.39 Å². The van der Waals surface area contributed by atoms with Crippen LogP contribution < -0.4 is 11.1 Å². The normalized spacial score (nSPS) is 11.7. The molecule has 0 aliphatic carbocycles. The van der Waals surface area contributed by atoms with Crippen LogP contribution in [-0.2, 0) is 12.8 Å². The average molecular weight is 451 g/mol. The van der Waals surface area contributed by atoms with Crippen LogP contribution in [0.2, 0.25) is 0 Å². The van der Waals surface area contributed by atoms with Gasteiger partial charge in [-0.15, -0.1) is 0 Å². The number of anilines is 1. The fraction of sp³-hybridized carbons (Fsp3) is 0.167. The van der Waals surface area contributed by atoms with E-state index in [1.54, 1.807) is 17.8 Å². The van der Waals surface area contributed by atoms with E-state index >= 15 is 0 Å². The molecule has 1 heterocycles. The second-order valence-corrected chi connectivity index (χ2v) is 9.15. The predicted octanol–water partition coefficient (Wildman–Crippen LogP) is 6.01. The molecule has 3 aromatic carbocycles. The van der Waals surface area contributed by atoms with Gasteiger partial charge in [-0.3, -0.25) is 0 Å². The Morgan fingerprint density at radius 3 is 2.58 bits per heavy atom. The Bertz CT molecular complexity index is 1160. The summed E-state index contributed by atoms with van der Waals surface area (Å²) in [5, 5.41) is 4.71. The van der Waals surface area contributed by atoms with E-state index in [-0.39, 0.29) is 5.82 Å². The summed E-state index contributed by atoms with van der Waals surface area (Å²) in [4.78, 5) is 8.98. The van der Waals surface area contributed by atoms with Gasteiger partial charge in [0.2, 0.25) is 0 Å². The molecule has 0 unspecified atom stereocenters. The first-order valence-corrected chi connectivity index (χ1v) is 11.9. The van der Waals surface area contributed by atoms with Crippen molar-refractivity contribution >= 4 is 49.3 Å². The molecule has 0 saturated heterocycles. The van der Waals surface area contributed by atoms with E-state index in [1.165, 1.54) is 34.6 Å². The molecule has 4 nitrogen and oxygen atoms in total. The van der Waals surface area contributed by atoms with Gasteiger partial charge in [-0.1, -0.05) is 65.6 Å². The smallest absolute Gasteiger partial charge is 0.183 e. The molecule has 0 bridgehead atoms. The van der Waals surface area contributed by atoms with Gasteiger partial charge >= 0.3 is 0 Å². The number of aromatic nitrogens is 1. The second kappa shape index (κ2) is 10.4. The van der Waals surface area contributed by atoms with Crippen LogP contribution in [0.5, 0.6) is 0 Å². The summed E-state index contributed by atoms with van der Waals surface area (Å²) in [6.07, 6.45) is 1.83. The molecule has 4 rings (SSSR count). The summed E-state index contributed by atoms with van der Waals surface area (Å²) < 4.78 is 14.2. The molecule has 0 aliphatic heterocycles. The van der Waals surface area contributed by atoms with Crippen molar-refractivity contribution < 1.29 is 4.39 Å². The van der Waals surface area contributed by atoms with Gasteiger partial charge in [0.25, 0.3) is 0 Å². The van der Waals surface area contributed by atoms with E-state index < -0.39 is 0 Å². The monoisotopic (exact) mass is 450 g/mol. The minimum atomic E-state index is -0.235. The largest absolute Gasteiger partial charge is 0.378 e. The fourth-order valence-corrected chi connectivity index (χ4v) is 4.74. The van der Waals surface area contributed by atoms with Gasteiger partial charge < -0.3 is 11.1 Å². The minimum absolute atomic E-state index is 0.235. The van der Waals surface area contributed by atoms with Crippen LogP contribution in [0.3, 0.4) is 0 Å². The third kappa shape index (κ3) is 6.29. The molecule has 158 valence electrons. The standard InChI is InChI=1S/C24H23FN4S2/c25-19-8-11-21-22(16-19)31-24(29-21)27-14-12-18-6-9-20(10-7-18)28-23(26)30-15-13-17-4-2-1-3-5-17/h1-11,16H,12-15H2,(H2,26,28)(H,27,29). The zero-order valence-electron chi connectivity index (χ0n) is 16.9. The molecule has 0 aliphatic rings. The summed E-state index contributed by atoms with van der Waals surface area (Å²) in [7, 11) is 0. The number of hydrogen-bond acceptors (Lipinski definition) is 5. The van der Waals surface area contributed by atoms with Gasteiger partial charge in [-0.05, 0) is 54.3 Å². The molecule has 0 atom stereocenters. The van der Waals surface area contributed by atoms with Gasteiger partial charge in [-0.2, -0.15) is 0 Å². The Labute approximate surface area is 189 Å². The molecule has 7 heteroatoms. The number of thioether (sulfide) groups is 1. The molecule has 0 saturated carbocycles. The van der Waals surface area contributed by atoms with Crippen molar-refractivity contribution in [2.45, 2.75) is 12.8 Å². The lowest BCUT2D eigenvalue weighted by molar-refractivity contribution is 0.630. The van der Waals surface area contributed by atoms with Crippen LogP contribution >= 0.6 is 23.1 Å². The van der Waals surface area contributed by atoms with Crippen molar-refractivity contribution in [3.8, 4) is 0 Å². The number of aliphatic imine (C=N–C) groups is 1. The van der Waals surface area contributed by atoms with Crippen LogP contribution in [0.1, 0.15) is 11.1 Å². The molecule has 0 spiro atoms. The van der Waals surface area contributed by atoms with Crippen molar-refractivity contribution in [1.82, 2.24) is 4.98 Å². The zero-order valence-corrected chi connectivity index (χ0v) is 18.6. The van der Waals surface area contributed by atoms with E-state index in [0.29, 0.717) is 5.17 Å². The van der Waals surface area contributed by atoms with Crippen LogP contribution in [0.25, 0.3) is 10.2 Å². The van der Waals surface area contributed by atoms with Crippen LogP contribution in [0, 0.1) is 5.82 Å². The maximum atomic E-state index is 13.3. The van der Waals surface area contributed by atoms with Gasteiger partial charge in [-0.25, -0.2) is 14.4 Å². The minimum Gasteiger partial charge on any atom is -0.378 e. The van der Waals surface area contributed by atoms with Crippen LogP contribution in [0.4, 0.5) is 15.2 Å². The van der Waals surface area contributed by atoms with Crippen molar-refractivity contribution in [2.24, 2.45) is 10.7 Å². The number of amidine groups is 1. The molecule has 3 N–H and O–H groups in total. The maximum absolute atomic E-state index is 13.3. The third-order valence-electron chi connectivity index (χ3n) is 4.70. The van der Waals surface area contributed by atoms with Crippen LogP contribution in [-0.4, -0.2) is 22.4 Å². The highest BCUT2D eigenvalue weighted by atomic mass is 32.2. The second-order valence-electron chi connectivity index (χ2n) is 7.01. The molecular weight excluding hydrogens is 427 g/mol. The number of rotatable bonds is 8. The summed E-state index contributed by atoms with van der Waals surface area (Å²) >= 11 is 3.04. The first-order chi connectivity index (χ1) is 15.2. The molecule has 0 amide bonds. The van der Waals surface area contributed by atoms with Crippen molar-refractivity contribution in [3.05, 3.63) is 89.7 Å². The lowest BCUT2D eigenvalue weighted by Crippen LogP contribution is -2.07. The summed E-state index contributed by atoms with van der Waals surface area (Å²) in [6, 6.07) is 23.1. The van der Waals surface area contributed by atoms with Gasteiger partial charge in [0.15, 0.2) is 10.3 Å². The molecule has 31 heavy (non-hydrogen) atoms. The van der Waals surface area contributed by atoms with E-state index in [0.717, 1.165) is 46.2 Å². The third-order valence-corrected chi connectivity index (χ3v) is 6.47. The Morgan fingerprint density at radius 2 is 1.77 bits per heavy atom. The molecule has 0 fully saturated rings. The Morgan fingerprint density at radius 1 is 1.00 bits per heavy atom. The average Bonchev–Trinajstić information content (AvgIpc) is 3.17. The molecule has 1 aromatic heterocycles.